The van der Waals surface area contributed by atoms with Crippen LogP contribution in [0.15, 0.2) is 42.5 Å². The molecule has 2 aromatic rings. The van der Waals surface area contributed by atoms with Gasteiger partial charge in [0.05, 0.1) is 25.3 Å². The van der Waals surface area contributed by atoms with Gasteiger partial charge in [-0.3, -0.25) is 0 Å². The molecular weight excluding hydrogens is 286 g/mol. The zero-order chi connectivity index (χ0) is 15.1. The van der Waals surface area contributed by atoms with Gasteiger partial charge >= 0.3 is 0 Å². The third-order valence-electron chi connectivity index (χ3n) is 3.05. The lowest BCUT2D eigenvalue weighted by Crippen LogP contribution is -1.99. The molecule has 0 N–H and O–H groups in total. The van der Waals surface area contributed by atoms with Crippen LogP contribution in [-0.4, -0.2) is 19.6 Å². The minimum atomic E-state index is 0.566. The van der Waals surface area contributed by atoms with Crippen molar-refractivity contribution in [2.75, 3.05) is 19.6 Å². The Bertz CT molecular complexity index is 632. The molecule has 108 valence electrons. The Morgan fingerprint density at radius 2 is 1.76 bits per heavy atom. The highest BCUT2D eigenvalue weighted by Crippen LogP contribution is 2.32. The summed E-state index contributed by atoms with van der Waals surface area (Å²) in [6.45, 7) is 0.566. The van der Waals surface area contributed by atoms with Crippen LogP contribution in [0.3, 0.4) is 0 Å². The van der Waals surface area contributed by atoms with Crippen molar-refractivity contribution in [2.45, 2.75) is 6.42 Å². The van der Waals surface area contributed by atoms with Crippen molar-refractivity contribution in [3.8, 4) is 28.7 Å². The van der Waals surface area contributed by atoms with Crippen molar-refractivity contribution < 1.29 is 9.47 Å². The third-order valence-corrected chi connectivity index (χ3v) is 3.31. The molecule has 0 unspecified atom stereocenters. The number of ether oxygens (including phenoxy) is 2. The molecule has 0 aromatic heterocycles. The average molecular weight is 302 g/mol. The molecule has 2 aromatic carbocycles. The van der Waals surface area contributed by atoms with E-state index >= 15 is 0 Å². The summed E-state index contributed by atoms with van der Waals surface area (Å²) < 4.78 is 11.0. The fourth-order valence-corrected chi connectivity index (χ4v) is 2.05. The SMILES string of the molecule is COc1cc(-c2ccc(C#N)cc2)ccc1OCCCCl. The Labute approximate surface area is 129 Å². The second-order valence-corrected chi connectivity index (χ2v) is 4.82. The fraction of sp³-hybridized carbons (Fsp3) is 0.235. The van der Waals surface area contributed by atoms with Crippen molar-refractivity contribution in [3.63, 3.8) is 0 Å². The quantitative estimate of drug-likeness (QED) is 0.592. The van der Waals surface area contributed by atoms with Crippen molar-refractivity contribution >= 4 is 11.6 Å². The smallest absolute Gasteiger partial charge is 0.161 e. The van der Waals surface area contributed by atoms with E-state index in [1.807, 2.05) is 30.3 Å². The van der Waals surface area contributed by atoms with Gasteiger partial charge in [0.25, 0.3) is 0 Å². The van der Waals surface area contributed by atoms with Crippen molar-refractivity contribution in [3.05, 3.63) is 48.0 Å². The highest BCUT2D eigenvalue weighted by molar-refractivity contribution is 6.17. The molecule has 0 heterocycles. The second-order valence-electron chi connectivity index (χ2n) is 4.45. The maximum absolute atomic E-state index is 8.82. The Kier molecular flexibility index (Phi) is 5.48. The lowest BCUT2D eigenvalue weighted by atomic mass is 10.0. The molecule has 4 heteroatoms. The van der Waals surface area contributed by atoms with Gasteiger partial charge < -0.3 is 9.47 Å². The van der Waals surface area contributed by atoms with Gasteiger partial charge in [-0.2, -0.15) is 5.26 Å². The summed E-state index contributed by atoms with van der Waals surface area (Å²) in [5.41, 5.74) is 2.69. The largest absolute Gasteiger partial charge is 0.493 e. The number of rotatable bonds is 6. The van der Waals surface area contributed by atoms with Gasteiger partial charge in [-0.05, 0) is 41.8 Å². The number of hydrogen-bond acceptors (Lipinski definition) is 3. The van der Waals surface area contributed by atoms with E-state index in [-0.39, 0.29) is 0 Å². The number of benzene rings is 2. The van der Waals surface area contributed by atoms with E-state index in [1.54, 1.807) is 19.2 Å². The first-order chi connectivity index (χ1) is 10.3. The second kappa shape index (κ2) is 7.56. The maximum atomic E-state index is 8.82. The minimum absolute atomic E-state index is 0.566. The van der Waals surface area contributed by atoms with E-state index in [4.69, 9.17) is 26.3 Å². The molecule has 0 saturated heterocycles. The monoisotopic (exact) mass is 301 g/mol. The van der Waals surface area contributed by atoms with Crippen LogP contribution in [0.2, 0.25) is 0 Å². The van der Waals surface area contributed by atoms with E-state index in [2.05, 4.69) is 6.07 Å². The summed E-state index contributed by atoms with van der Waals surface area (Å²) in [4.78, 5) is 0. The topological polar surface area (TPSA) is 42.2 Å². The Hall–Kier alpha value is -2.18. The number of alkyl halides is 1. The van der Waals surface area contributed by atoms with Crippen LogP contribution in [0.5, 0.6) is 11.5 Å². The number of hydrogen-bond donors (Lipinski definition) is 0. The Morgan fingerprint density at radius 3 is 2.38 bits per heavy atom. The van der Waals surface area contributed by atoms with Gasteiger partial charge in [0.2, 0.25) is 0 Å². The van der Waals surface area contributed by atoms with Crippen LogP contribution < -0.4 is 9.47 Å². The summed E-state index contributed by atoms with van der Waals surface area (Å²) in [5.74, 6) is 1.97. The van der Waals surface area contributed by atoms with E-state index in [9.17, 15) is 0 Å². The van der Waals surface area contributed by atoms with Crippen LogP contribution in [0.1, 0.15) is 12.0 Å². The molecule has 0 fully saturated rings. The molecule has 0 atom stereocenters. The lowest BCUT2D eigenvalue weighted by Gasteiger charge is -2.12. The number of nitriles is 1. The number of methoxy groups -OCH3 is 1. The Morgan fingerprint density at radius 1 is 1.05 bits per heavy atom. The molecule has 0 spiro atoms. The lowest BCUT2D eigenvalue weighted by molar-refractivity contribution is 0.295. The van der Waals surface area contributed by atoms with Crippen molar-refractivity contribution in [1.82, 2.24) is 0 Å². The highest BCUT2D eigenvalue weighted by Gasteiger charge is 2.07. The van der Waals surface area contributed by atoms with Crippen LogP contribution in [0.4, 0.5) is 0 Å². The van der Waals surface area contributed by atoms with Crippen LogP contribution in [0.25, 0.3) is 11.1 Å². The van der Waals surface area contributed by atoms with E-state index in [1.165, 1.54) is 0 Å². The fourth-order valence-electron chi connectivity index (χ4n) is 1.94. The van der Waals surface area contributed by atoms with Gasteiger partial charge in [0.15, 0.2) is 11.5 Å². The molecular formula is C17H16ClNO2. The summed E-state index contributed by atoms with van der Waals surface area (Å²) in [6, 6.07) is 15.3. The van der Waals surface area contributed by atoms with Crippen LogP contribution in [-0.2, 0) is 0 Å². The first kappa shape index (κ1) is 15.2. The first-order valence-corrected chi connectivity index (χ1v) is 7.19. The summed E-state index contributed by atoms with van der Waals surface area (Å²) in [6.07, 6.45) is 0.794. The summed E-state index contributed by atoms with van der Waals surface area (Å²) in [7, 11) is 1.62. The highest BCUT2D eigenvalue weighted by atomic mass is 35.5. The minimum Gasteiger partial charge on any atom is -0.493 e. The summed E-state index contributed by atoms with van der Waals surface area (Å²) in [5, 5.41) is 8.82. The zero-order valence-electron chi connectivity index (χ0n) is 11.8. The van der Waals surface area contributed by atoms with E-state index < -0.39 is 0 Å². The predicted octanol–water partition coefficient (Wildman–Crippen LogP) is 4.24. The number of halogens is 1. The molecule has 0 aliphatic heterocycles. The molecule has 0 radical (unpaired) electrons. The Balaban J connectivity index is 2.23. The van der Waals surface area contributed by atoms with Crippen LogP contribution >= 0.6 is 11.6 Å². The van der Waals surface area contributed by atoms with Gasteiger partial charge in [-0.25, -0.2) is 0 Å². The number of nitrogens with zero attached hydrogens (tertiary/aromatic N) is 1. The van der Waals surface area contributed by atoms with Crippen molar-refractivity contribution in [1.29, 1.82) is 5.26 Å². The molecule has 0 aliphatic rings. The first-order valence-electron chi connectivity index (χ1n) is 6.66. The normalized spacial score (nSPS) is 9.95. The third kappa shape index (κ3) is 3.90. The molecule has 0 aliphatic carbocycles. The maximum Gasteiger partial charge on any atom is 0.161 e. The molecule has 21 heavy (non-hydrogen) atoms. The molecule has 3 nitrogen and oxygen atoms in total. The average Bonchev–Trinajstić information content (AvgIpc) is 2.55. The summed E-state index contributed by atoms with van der Waals surface area (Å²) >= 11 is 5.64. The van der Waals surface area contributed by atoms with Gasteiger partial charge in [0.1, 0.15) is 0 Å². The standard InChI is InChI=1S/C17H16ClNO2/c1-20-17-11-15(7-8-16(17)21-10-2-9-18)14-5-3-13(12-19)4-6-14/h3-8,11H,2,9-10H2,1H3. The molecule has 2 rings (SSSR count). The van der Waals surface area contributed by atoms with Gasteiger partial charge in [-0.15, -0.1) is 11.6 Å². The van der Waals surface area contributed by atoms with E-state index in [0.717, 1.165) is 17.5 Å². The molecule has 0 amide bonds. The molecule has 0 saturated carbocycles. The van der Waals surface area contributed by atoms with E-state index in [0.29, 0.717) is 29.5 Å². The predicted molar refractivity (Wildman–Crippen MR) is 84.0 cm³/mol. The zero-order valence-corrected chi connectivity index (χ0v) is 12.6. The van der Waals surface area contributed by atoms with Gasteiger partial charge in [0, 0.05) is 5.88 Å². The van der Waals surface area contributed by atoms with Gasteiger partial charge in [-0.1, -0.05) is 18.2 Å². The van der Waals surface area contributed by atoms with Crippen LogP contribution in [0, 0.1) is 11.3 Å². The van der Waals surface area contributed by atoms with Crippen molar-refractivity contribution in [2.24, 2.45) is 0 Å². The molecule has 0 bridgehead atoms.